The van der Waals surface area contributed by atoms with Crippen molar-refractivity contribution in [1.29, 1.82) is 0 Å². The Morgan fingerprint density at radius 1 is 1.33 bits per heavy atom. The molecule has 1 aromatic rings. The number of quaternary nitrogens is 1. The second-order valence-electron chi connectivity index (χ2n) is 6.54. The number of nitrogens with zero attached hydrogens (tertiary/aromatic N) is 1. The molecule has 1 unspecified atom stereocenters. The van der Waals surface area contributed by atoms with Crippen LogP contribution in [-0.4, -0.2) is 24.1 Å². The molecular weight excluding hydrogens is 557 g/mol. The van der Waals surface area contributed by atoms with Crippen molar-refractivity contribution in [3.05, 3.63) is 55.4 Å². The number of rotatable bonds is 5. The molecule has 0 fully saturated rings. The van der Waals surface area contributed by atoms with Gasteiger partial charge in [-0.25, -0.2) is 6.92 Å². The molecule has 0 amide bonds. The molecule has 0 spiro atoms. The first-order chi connectivity index (χ1) is 8.74. The standard InChI is InChI=1S/C18H26N.U.Y/c1-7-19(6,15-18(3,4)5)14-8-9-17-12-10-16(2)11-13-17;;/h9-12H,2,6-7,14-15H2,1,3-5H3;;/q-3;;. The van der Waals surface area contributed by atoms with Gasteiger partial charge in [0.25, 0.3) is 0 Å². The fourth-order valence-electron chi connectivity index (χ4n) is 2.19. The minimum atomic E-state index is 0. The molecule has 1 nitrogen and oxygen atoms in total. The molecule has 0 aromatic heterocycles. The summed E-state index contributed by atoms with van der Waals surface area (Å²) in [7, 11) is 4.35. The third-order valence-corrected chi connectivity index (χ3v) is 3.07. The van der Waals surface area contributed by atoms with E-state index >= 15 is 0 Å². The Morgan fingerprint density at radius 2 is 1.95 bits per heavy atom. The van der Waals surface area contributed by atoms with Gasteiger partial charge >= 0.3 is 0 Å². The second-order valence-corrected chi connectivity index (χ2v) is 6.54. The molecule has 0 aliphatic rings. The molecule has 0 bridgehead atoms. The first-order valence-corrected chi connectivity index (χ1v) is 6.85. The van der Waals surface area contributed by atoms with Gasteiger partial charge in [0.15, 0.2) is 0 Å². The van der Waals surface area contributed by atoms with Crippen molar-refractivity contribution < 1.29 is 68.3 Å². The SMILES string of the molecule is [CH2-]c1c[c-]c(C=[C-]C[N+]([CH2-])(CC)CC(C)(C)C)cc1.[U].[Y]. The zero-order valence-electron chi connectivity index (χ0n) is 13.9. The van der Waals surface area contributed by atoms with Crippen LogP contribution in [-0.2, 0) is 32.7 Å². The van der Waals surface area contributed by atoms with E-state index in [0.717, 1.165) is 35.2 Å². The maximum absolute atomic E-state index is 4.35. The molecule has 3 heteroatoms. The largest absolute Gasteiger partial charge is 0.469 e. The molecule has 1 radical (unpaired) electrons. The molecular formula is C18H26NUY-3. The summed E-state index contributed by atoms with van der Waals surface area (Å²) < 4.78 is 0.771. The van der Waals surface area contributed by atoms with Gasteiger partial charge in [-0.05, 0) is 13.5 Å². The van der Waals surface area contributed by atoms with Crippen LogP contribution in [0.4, 0.5) is 0 Å². The molecule has 0 heterocycles. The van der Waals surface area contributed by atoms with E-state index in [1.54, 1.807) is 0 Å². The maximum atomic E-state index is 4.35. The van der Waals surface area contributed by atoms with Crippen LogP contribution in [0.3, 0.4) is 0 Å². The van der Waals surface area contributed by atoms with Crippen LogP contribution < -0.4 is 0 Å². The van der Waals surface area contributed by atoms with Crippen LogP contribution in [0.15, 0.2) is 18.2 Å². The topological polar surface area (TPSA) is 0 Å². The van der Waals surface area contributed by atoms with E-state index in [1.165, 1.54) is 0 Å². The van der Waals surface area contributed by atoms with Crippen LogP contribution in [0.25, 0.3) is 6.08 Å². The fourth-order valence-corrected chi connectivity index (χ4v) is 2.19. The Bertz CT molecular complexity index is 420. The second kappa shape index (κ2) is 10.7. The normalized spacial score (nSPS) is 14.1. The summed E-state index contributed by atoms with van der Waals surface area (Å²) in [6, 6.07) is 9.09. The Kier molecular flexibility index (Phi) is 12.3. The molecule has 1 aromatic carbocycles. The monoisotopic (exact) mass is 583 g/mol. The van der Waals surface area contributed by atoms with Crippen molar-refractivity contribution in [1.82, 2.24) is 0 Å². The molecule has 113 valence electrons. The molecule has 1 atom stereocenters. The van der Waals surface area contributed by atoms with Crippen molar-refractivity contribution in [3.63, 3.8) is 0 Å². The van der Waals surface area contributed by atoms with Gasteiger partial charge in [0, 0.05) is 69.2 Å². The zero-order valence-corrected chi connectivity index (χ0v) is 20.9. The fraction of sp³-hybridized carbons (Fsp3) is 0.444. The predicted octanol–water partition coefficient (Wildman–Crippen LogP) is 4.16. The van der Waals surface area contributed by atoms with Gasteiger partial charge < -0.3 is 22.2 Å². The number of benzene rings is 1. The van der Waals surface area contributed by atoms with Crippen molar-refractivity contribution in [2.75, 3.05) is 19.6 Å². The Balaban J connectivity index is 0. The van der Waals surface area contributed by atoms with Gasteiger partial charge in [-0.1, -0.05) is 20.8 Å². The summed E-state index contributed by atoms with van der Waals surface area (Å²) in [5, 5.41) is 0. The summed E-state index contributed by atoms with van der Waals surface area (Å²) in [6.45, 7) is 15.7. The average molecular weight is 583 g/mol. The summed E-state index contributed by atoms with van der Waals surface area (Å²) >= 11 is 0. The van der Waals surface area contributed by atoms with E-state index in [4.69, 9.17) is 0 Å². The molecule has 0 saturated heterocycles. The van der Waals surface area contributed by atoms with Crippen LogP contribution in [0.5, 0.6) is 0 Å². The van der Waals surface area contributed by atoms with Crippen molar-refractivity contribution in [3.8, 4) is 0 Å². The van der Waals surface area contributed by atoms with Crippen LogP contribution in [0.2, 0.25) is 0 Å². The van der Waals surface area contributed by atoms with Gasteiger partial charge in [0.2, 0.25) is 0 Å². The molecule has 0 N–H and O–H groups in total. The van der Waals surface area contributed by atoms with E-state index in [2.05, 4.69) is 53.8 Å². The minimum Gasteiger partial charge on any atom is -0.469 e. The predicted molar refractivity (Wildman–Crippen MR) is 82.8 cm³/mol. The third kappa shape index (κ3) is 10.4. The Hall–Kier alpha value is 0.946. The Labute approximate surface area is 180 Å². The van der Waals surface area contributed by atoms with E-state index in [0.29, 0.717) is 0 Å². The van der Waals surface area contributed by atoms with E-state index < -0.39 is 0 Å². The van der Waals surface area contributed by atoms with Crippen LogP contribution in [0, 0.1) is 62.6 Å². The molecule has 1 rings (SSSR count). The van der Waals surface area contributed by atoms with Gasteiger partial charge in [-0.2, -0.15) is 7.05 Å². The first kappa shape index (κ1) is 24.2. The minimum absolute atomic E-state index is 0. The third-order valence-electron chi connectivity index (χ3n) is 3.07. The smallest absolute Gasteiger partial charge is 0.0585 e. The quantitative estimate of drug-likeness (QED) is 0.361. The number of likely N-dealkylation sites (N-methyl/N-ethyl adjacent to an activating group) is 1. The molecule has 21 heavy (non-hydrogen) atoms. The average Bonchev–Trinajstić information content (AvgIpc) is 2.29. The molecule has 0 aliphatic carbocycles. The van der Waals surface area contributed by atoms with Gasteiger partial charge in [-0.15, -0.1) is 0 Å². The summed E-state index contributed by atoms with van der Waals surface area (Å²) in [5.74, 6) is 0. The Morgan fingerprint density at radius 3 is 2.38 bits per heavy atom. The number of hydrogen-bond donors (Lipinski definition) is 0. The summed E-state index contributed by atoms with van der Waals surface area (Å²) in [5.41, 5.74) is 2.31. The summed E-state index contributed by atoms with van der Waals surface area (Å²) in [4.78, 5) is 0. The molecule has 0 saturated carbocycles. The van der Waals surface area contributed by atoms with Gasteiger partial charge in [0.05, 0.1) is 13.1 Å². The van der Waals surface area contributed by atoms with Crippen LogP contribution >= 0.6 is 0 Å². The summed E-state index contributed by atoms with van der Waals surface area (Å²) in [6.07, 6.45) is 5.36. The first-order valence-electron chi connectivity index (χ1n) is 6.85. The van der Waals surface area contributed by atoms with Gasteiger partial charge in [-0.3, -0.25) is 29.8 Å². The molecule has 0 aliphatic heterocycles. The number of hydrogen-bond acceptors (Lipinski definition) is 0. The van der Waals surface area contributed by atoms with E-state index in [-0.39, 0.29) is 69.2 Å². The van der Waals surface area contributed by atoms with Crippen molar-refractivity contribution in [2.45, 2.75) is 27.7 Å². The van der Waals surface area contributed by atoms with E-state index in [9.17, 15) is 0 Å². The van der Waals surface area contributed by atoms with E-state index in [1.807, 2.05) is 24.3 Å². The van der Waals surface area contributed by atoms with Crippen molar-refractivity contribution >= 4 is 6.08 Å². The van der Waals surface area contributed by atoms with Crippen molar-refractivity contribution in [2.24, 2.45) is 5.41 Å². The van der Waals surface area contributed by atoms with Gasteiger partial charge in [0.1, 0.15) is 0 Å². The maximum Gasteiger partial charge on any atom is 0.0585 e. The zero-order chi connectivity index (χ0) is 14.5. The van der Waals surface area contributed by atoms with Crippen LogP contribution in [0.1, 0.15) is 38.8 Å².